The van der Waals surface area contributed by atoms with Gasteiger partial charge in [0.25, 0.3) is 5.56 Å². The number of para-hydroxylation sites is 1. The van der Waals surface area contributed by atoms with E-state index in [1.165, 1.54) is 11.8 Å². The van der Waals surface area contributed by atoms with Crippen LogP contribution >= 0.6 is 35.0 Å². The Morgan fingerprint density at radius 1 is 1.41 bits per heavy atom. The summed E-state index contributed by atoms with van der Waals surface area (Å²) >= 11 is 13.6. The number of benzene rings is 1. The van der Waals surface area contributed by atoms with Crippen molar-refractivity contribution in [3.05, 3.63) is 34.6 Å². The Kier molecular flexibility index (Phi) is 4.69. The molecule has 0 bridgehead atoms. The molecule has 1 fully saturated rings. The summed E-state index contributed by atoms with van der Waals surface area (Å²) in [6, 6.07) is 7.30. The smallest absolute Gasteiger partial charge is 0.262 e. The van der Waals surface area contributed by atoms with Crippen LogP contribution in [0.4, 0.5) is 0 Å². The van der Waals surface area contributed by atoms with Crippen LogP contribution in [0.3, 0.4) is 0 Å². The Balaban J connectivity index is 1.93. The van der Waals surface area contributed by atoms with Crippen molar-refractivity contribution in [2.75, 3.05) is 12.4 Å². The zero-order valence-corrected chi connectivity index (χ0v) is 14.2. The van der Waals surface area contributed by atoms with Gasteiger partial charge in [-0.05, 0) is 25.0 Å². The SMILES string of the molecule is O=c1c2ccccc2nc(SCC2CC2(Cl)Cl)n1CCCO. The fraction of sp³-hybridized carbons (Fsp3) is 0.467. The van der Waals surface area contributed by atoms with Crippen molar-refractivity contribution in [3.8, 4) is 0 Å². The highest BCUT2D eigenvalue weighted by molar-refractivity contribution is 7.99. The number of fused-ring (bicyclic) bond motifs is 1. The van der Waals surface area contributed by atoms with E-state index in [-0.39, 0.29) is 18.1 Å². The van der Waals surface area contributed by atoms with Crippen molar-refractivity contribution in [1.82, 2.24) is 9.55 Å². The first kappa shape index (κ1) is 16.1. The molecule has 1 aromatic heterocycles. The summed E-state index contributed by atoms with van der Waals surface area (Å²) in [7, 11) is 0. The predicted octanol–water partition coefficient (Wildman–Crippen LogP) is 3.06. The minimum atomic E-state index is -0.625. The molecule has 1 N–H and O–H groups in total. The minimum absolute atomic E-state index is 0.0401. The van der Waals surface area contributed by atoms with Crippen LogP contribution in [0.25, 0.3) is 10.9 Å². The molecule has 118 valence electrons. The van der Waals surface area contributed by atoms with Gasteiger partial charge in [-0.1, -0.05) is 23.9 Å². The highest BCUT2D eigenvalue weighted by atomic mass is 35.5. The van der Waals surface area contributed by atoms with Gasteiger partial charge in [0.2, 0.25) is 0 Å². The van der Waals surface area contributed by atoms with Crippen LogP contribution in [-0.2, 0) is 6.54 Å². The van der Waals surface area contributed by atoms with Crippen LogP contribution in [0.5, 0.6) is 0 Å². The van der Waals surface area contributed by atoms with E-state index >= 15 is 0 Å². The van der Waals surface area contributed by atoms with E-state index in [4.69, 9.17) is 28.3 Å². The lowest BCUT2D eigenvalue weighted by molar-refractivity contribution is 0.276. The third kappa shape index (κ3) is 3.27. The highest BCUT2D eigenvalue weighted by Crippen LogP contribution is 2.54. The first-order valence-corrected chi connectivity index (χ1v) is 8.88. The average Bonchev–Trinajstić information content (AvgIpc) is 3.12. The van der Waals surface area contributed by atoms with Crippen molar-refractivity contribution in [1.29, 1.82) is 0 Å². The normalized spacial score (nSPS) is 19.5. The monoisotopic (exact) mass is 358 g/mol. The van der Waals surface area contributed by atoms with Gasteiger partial charge >= 0.3 is 0 Å². The summed E-state index contributed by atoms with van der Waals surface area (Å²) in [5, 5.41) is 10.3. The maximum Gasteiger partial charge on any atom is 0.262 e. The average molecular weight is 359 g/mol. The number of aromatic nitrogens is 2. The summed E-state index contributed by atoms with van der Waals surface area (Å²) in [5.74, 6) is 0.965. The molecule has 4 nitrogen and oxygen atoms in total. The van der Waals surface area contributed by atoms with Crippen molar-refractivity contribution in [2.45, 2.75) is 28.9 Å². The number of alkyl halides is 2. The summed E-state index contributed by atoms with van der Waals surface area (Å²) < 4.78 is 1.01. The Labute approximate surface area is 142 Å². The molecule has 1 aliphatic rings. The quantitative estimate of drug-likeness (QED) is 0.489. The first-order chi connectivity index (χ1) is 10.5. The van der Waals surface area contributed by atoms with Crippen molar-refractivity contribution < 1.29 is 5.11 Å². The molecule has 1 saturated carbocycles. The molecule has 0 amide bonds. The minimum Gasteiger partial charge on any atom is -0.396 e. The molecule has 2 aromatic rings. The van der Waals surface area contributed by atoms with Gasteiger partial charge in [-0.25, -0.2) is 4.98 Å². The van der Waals surface area contributed by atoms with Gasteiger partial charge in [-0.2, -0.15) is 0 Å². The fourth-order valence-corrected chi connectivity index (χ4v) is 4.26. The van der Waals surface area contributed by atoms with Crippen LogP contribution in [-0.4, -0.2) is 31.4 Å². The van der Waals surface area contributed by atoms with Gasteiger partial charge in [0, 0.05) is 24.8 Å². The van der Waals surface area contributed by atoms with Crippen LogP contribution in [0.15, 0.2) is 34.2 Å². The molecule has 1 aromatic carbocycles. The number of rotatable bonds is 6. The van der Waals surface area contributed by atoms with Crippen molar-refractivity contribution in [2.24, 2.45) is 5.92 Å². The molecule has 3 rings (SSSR count). The van der Waals surface area contributed by atoms with Crippen LogP contribution in [0.2, 0.25) is 0 Å². The van der Waals surface area contributed by atoms with Gasteiger partial charge in [-0.3, -0.25) is 9.36 Å². The molecule has 0 radical (unpaired) electrons. The van der Waals surface area contributed by atoms with E-state index in [9.17, 15) is 4.79 Å². The van der Waals surface area contributed by atoms with Gasteiger partial charge in [-0.15, -0.1) is 23.2 Å². The van der Waals surface area contributed by atoms with Gasteiger partial charge in [0.1, 0.15) is 4.33 Å². The van der Waals surface area contributed by atoms with E-state index in [1.54, 1.807) is 10.6 Å². The molecule has 1 unspecified atom stereocenters. The molecule has 1 heterocycles. The lowest BCUT2D eigenvalue weighted by Gasteiger charge is -2.12. The lowest BCUT2D eigenvalue weighted by atomic mass is 10.2. The zero-order valence-electron chi connectivity index (χ0n) is 11.8. The molecule has 0 aliphatic heterocycles. The summed E-state index contributed by atoms with van der Waals surface area (Å²) in [6.45, 7) is 0.492. The zero-order chi connectivity index (χ0) is 15.7. The van der Waals surface area contributed by atoms with Crippen molar-refractivity contribution in [3.63, 3.8) is 0 Å². The highest BCUT2D eigenvalue weighted by Gasteiger charge is 2.51. The molecule has 0 spiro atoms. The second kappa shape index (κ2) is 6.40. The van der Waals surface area contributed by atoms with Gasteiger partial charge < -0.3 is 5.11 Å². The second-order valence-electron chi connectivity index (χ2n) is 5.42. The largest absolute Gasteiger partial charge is 0.396 e. The molecule has 7 heteroatoms. The molecule has 1 aliphatic carbocycles. The topological polar surface area (TPSA) is 55.1 Å². The van der Waals surface area contributed by atoms with Crippen LogP contribution in [0.1, 0.15) is 12.8 Å². The summed E-state index contributed by atoms with van der Waals surface area (Å²) in [4.78, 5) is 17.2. The second-order valence-corrected chi connectivity index (χ2v) is 7.95. The third-order valence-corrected chi connectivity index (χ3v) is 5.80. The van der Waals surface area contributed by atoms with E-state index in [0.29, 0.717) is 29.0 Å². The number of hydrogen-bond acceptors (Lipinski definition) is 4. The molecule has 1 atom stereocenters. The number of aliphatic hydroxyl groups is 1. The molecule has 0 saturated heterocycles. The standard InChI is InChI=1S/C15H16Cl2N2O2S/c16-15(17)8-10(15)9-22-14-18-12-5-2-1-4-11(12)13(21)19(14)6-3-7-20/h1-2,4-5,10,20H,3,6-9H2. The summed E-state index contributed by atoms with van der Waals surface area (Å²) in [6.07, 6.45) is 1.30. The van der Waals surface area contributed by atoms with Crippen LogP contribution in [0, 0.1) is 5.92 Å². The van der Waals surface area contributed by atoms with Crippen molar-refractivity contribution >= 4 is 45.9 Å². The molecule has 22 heavy (non-hydrogen) atoms. The van der Waals surface area contributed by atoms with Crippen LogP contribution < -0.4 is 5.56 Å². The van der Waals surface area contributed by atoms with Gasteiger partial charge in [0.15, 0.2) is 5.16 Å². The number of thioether (sulfide) groups is 1. The van der Waals surface area contributed by atoms with E-state index in [0.717, 1.165) is 12.2 Å². The molecular formula is C15H16Cl2N2O2S. The number of aliphatic hydroxyl groups excluding tert-OH is 1. The van der Waals surface area contributed by atoms with E-state index < -0.39 is 4.33 Å². The Bertz CT molecular complexity index is 748. The third-order valence-electron chi connectivity index (χ3n) is 3.74. The Hall–Kier alpha value is -0.750. The van der Waals surface area contributed by atoms with Gasteiger partial charge in [0.05, 0.1) is 10.9 Å². The fourth-order valence-electron chi connectivity index (χ4n) is 2.31. The maximum absolute atomic E-state index is 12.6. The maximum atomic E-state index is 12.6. The number of nitrogens with zero attached hydrogens (tertiary/aromatic N) is 2. The molecular weight excluding hydrogens is 343 g/mol. The predicted molar refractivity (Wildman–Crippen MR) is 91.0 cm³/mol. The number of hydrogen-bond donors (Lipinski definition) is 1. The Morgan fingerprint density at radius 3 is 2.82 bits per heavy atom. The van der Waals surface area contributed by atoms with E-state index in [1.807, 2.05) is 18.2 Å². The van der Waals surface area contributed by atoms with E-state index in [2.05, 4.69) is 4.98 Å². The lowest BCUT2D eigenvalue weighted by Crippen LogP contribution is -2.24. The summed E-state index contributed by atoms with van der Waals surface area (Å²) in [5.41, 5.74) is 0.620. The first-order valence-electron chi connectivity index (χ1n) is 7.14. The Morgan fingerprint density at radius 2 is 2.14 bits per heavy atom. The number of halogens is 2.